The molecular formula is C20H28N2O5. The maximum atomic E-state index is 12.5. The van der Waals surface area contributed by atoms with Gasteiger partial charge in [-0.15, -0.1) is 0 Å². The second-order valence-electron chi connectivity index (χ2n) is 6.28. The quantitative estimate of drug-likeness (QED) is 0.645. The molecule has 1 aromatic carbocycles. The van der Waals surface area contributed by atoms with Gasteiger partial charge in [0.2, 0.25) is 0 Å². The minimum atomic E-state index is -0.618. The van der Waals surface area contributed by atoms with Crippen LogP contribution < -0.4 is 20.1 Å². The maximum absolute atomic E-state index is 12.5. The van der Waals surface area contributed by atoms with Gasteiger partial charge in [0.15, 0.2) is 11.5 Å². The first-order valence-corrected chi connectivity index (χ1v) is 9.25. The summed E-state index contributed by atoms with van der Waals surface area (Å²) in [7, 11) is 2.91. The molecule has 0 radical (unpaired) electrons. The van der Waals surface area contributed by atoms with E-state index in [0.717, 1.165) is 24.8 Å². The van der Waals surface area contributed by atoms with Crippen LogP contribution in [0.15, 0.2) is 29.5 Å². The highest BCUT2D eigenvalue weighted by atomic mass is 16.5. The Labute approximate surface area is 160 Å². The van der Waals surface area contributed by atoms with Crippen LogP contribution in [0.3, 0.4) is 0 Å². The summed E-state index contributed by atoms with van der Waals surface area (Å²) in [5.74, 6) is 0.705. The van der Waals surface area contributed by atoms with Gasteiger partial charge in [0.25, 0.3) is 0 Å². The molecule has 148 valence electrons. The van der Waals surface area contributed by atoms with E-state index < -0.39 is 12.0 Å². The number of rotatable bonds is 9. The fourth-order valence-electron chi connectivity index (χ4n) is 2.97. The van der Waals surface area contributed by atoms with Gasteiger partial charge in [0, 0.05) is 5.70 Å². The van der Waals surface area contributed by atoms with E-state index in [0.29, 0.717) is 35.8 Å². The number of carbonyl (C=O) groups is 2. The van der Waals surface area contributed by atoms with Gasteiger partial charge < -0.3 is 24.8 Å². The van der Waals surface area contributed by atoms with Gasteiger partial charge in [-0.2, -0.15) is 0 Å². The molecule has 0 aliphatic carbocycles. The summed E-state index contributed by atoms with van der Waals surface area (Å²) in [4.78, 5) is 24.7. The Morgan fingerprint density at radius 1 is 1.15 bits per heavy atom. The van der Waals surface area contributed by atoms with Gasteiger partial charge in [0.1, 0.15) is 0 Å². The Hall–Kier alpha value is -2.70. The Balaban J connectivity index is 2.49. The van der Waals surface area contributed by atoms with E-state index >= 15 is 0 Å². The molecule has 1 aliphatic rings. The van der Waals surface area contributed by atoms with E-state index in [9.17, 15) is 9.59 Å². The van der Waals surface area contributed by atoms with Crippen molar-refractivity contribution in [1.82, 2.24) is 10.6 Å². The monoisotopic (exact) mass is 376 g/mol. The van der Waals surface area contributed by atoms with Gasteiger partial charge in [-0.25, -0.2) is 9.59 Å². The van der Waals surface area contributed by atoms with Crippen LogP contribution in [0.1, 0.15) is 51.1 Å². The highest BCUT2D eigenvalue weighted by Gasteiger charge is 2.33. The molecule has 0 saturated heterocycles. The summed E-state index contributed by atoms with van der Waals surface area (Å²) in [6.07, 6.45) is 3.26. The molecule has 0 aromatic heterocycles. The van der Waals surface area contributed by atoms with Crippen LogP contribution in [0.5, 0.6) is 11.5 Å². The van der Waals surface area contributed by atoms with Crippen LogP contribution in [0.2, 0.25) is 0 Å². The Morgan fingerprint density at radius 3 is 2.56 bits per heavy atom. The first-order valence-electron chi connectivity index (χ1n) is 9.25. The molecule has 2 amide bonds. The van der Waals surface area contributed by atoms with Gasteiger partial charge in [-0.3, -0.25) is 0 Å². The van der Waals surface area contributed by atoms with Crippen molar-refractivity contribution in [3.8, 4) is 11.5 Å². The molecule has 2 N–H and O–H groups in total. The SMILES string of the molecule is CCCCC1=C(C(=O)OC)C(c2ccc(OC)c(OCCC)c2)NC(=O)N1. The van der Waals surface area contributed by atoms with Gasteiger partial charge in [-0.1, -0.05) is 26.3 Å². The van der Waals surface area contributed by atoms with Crippen molar-refractivity contribution in [2.75, 3.05) is 20.8 Å². The average Bonchev–Trinajstić information content (AvgIpc) is 2.69. The second-order valence-corrected chi connectivity index (χ2v) is 6.28. The summed E-state index contributed by atoms with van der Waals surface area (Å²) in [6, 6.07) is 4.42. The minimum Gasteiger partial charge on any atom is -0.493 e. The number of carbonyl (C=O) groups excluding carboxylic acids is 2. The predicted molar refractivity (Wildman–Crippen MR) is 102 cm³/mol. The summed E-state index contributed by atoms with van der Waals surface area (Å²) in [6.45, 7) is 4.61. The van der Waals surface area contributed by atoms with Crippen molar-refractivity contribution in [3.05, 3.63) is 35.0 Å². The van der Waals surface area contributed by atoms with E-state index in [2.05, 4.69) is 17.6 Å². The molecule has 7 heteroatoms. The number of esters is 1. The highest BCUT2D eigenvalue weighted by molar-refractivity contribution is 5.95. The van der Waals surface area contributed by atoms with Crippen LogP contribution in [-0.2, 0) is 9.53 Å². The van der Waals surface area contributed by atoms with Crippen molar-refractivity contribution >= 4 is 12.0 Å². The van der Waals surface area contributed by atoms with Crippen molar-refractivity contribution in [2.24, 2.45) is 0 Å². The van der Waals surface area contributed by atoms with E-state index in [1.54, 1.807) is 19.2 Å². The van der Waals surface area contributed by atoms with Gasteiger partial charge in [0.05, 0.1) is 32.4 Å². The number of hydrogen-bond donors (Lipinski definition) is 2. The number of methoxy groups -OCH3 is 2. The summed E-state index contributed by atoms with van der Waals surface area (Å²) in [5, 5.41) is 5.58. The van der Waals surface area contributed by atoms with E-state index in [-0.39, 0.29) is 6.03 Å². The zero-order valence-electron chi connectivity index (χ0n) is 16.4. The lowest BCUT2D eigenvalue weighted by molar-refractivity contribution is -0.136. The third kappa shape index (κ3) is 4.93. The minimum absolute atomic E-state index is 0.342. The van der Waals surface area contributed by atoms with Crippen molar-refractivity contribution in [1.29, 1.82) is 0 Å². The number of amides is 2. The van der Waals surface area contributed by atoms with Gasteiger partial charge >= 0.3 is 12.0 Å². The zero-order chi connectivity index (χ0) is 19.8. The molecule has 27 heavy (non-hydrogen) atoms. The number of unbranched alkanes of at least 4 members (excludes halogenated alkanes) is 1. The predicted octanol–water partition coefficient (Wildman–Crippen LogP) is 3.46. The first kappa shape index (κ1) is 20.6. The van der Waals surface area contributed by atoms with E-state index in [1.165, 1.54) is 7.11 Å². The fourth-order valence-corrected chi connectivity index (χ4v) is 2.97. The lowest BCUT2D eigenvalue weighted by Crippen LogP contribution is -2.45. The number of benzene rings is 1. The molecule has 7 nitrogen and oxygen atoms in total. The fraction of sp³-hybridized carbons (Fsp3) is 0.500. The molecule has 0 spiro atoms. The van der Waals surface area contributed by atoms with Crippen LogP contribution in [0.25, 0.3) is 0 Å². The second kappa shape index (κ2) is 9.85. The topological polar surface area (TPSA) is 85.9 Å². The van der Waals surface area contributed by atoms with Gasteiger partial charge in [-0.05, 0) is 37.0 Å². The summed E-state index contributed by atoms with van der Waals surface area (Å²) >= 11 is 0. The van der Waals surface area contributed by atoms with E-state index in [1.807, 2.05) is 13.0 Å². The van der Waals surface area contributed by atoms with Crippen molar-refractivity contribution < 1.29 is 23.8 Å². The molecule has 1 heterocycles. The summed E-state index contributed by atoms with van der Waals surface area (Å²) in [5.41, 5.74) is 1.74. The number of ether oxygens (including phenoxy) is 3. The Kier molecular flexibility index (Phi) is 7.52. The van der Waals surface area contributed by atoms with Crippen molar-refractivity contribution in [2.45, 2.75) is 45.6 Å². The molecule has 0 saturated carbocycles. The summed E-state index contributed by atoms with van der Waals surface area (Å²) < 4.78 is 16.1. The molecule has 1 unspecified atom stereocenters. The molecule has 0 fully saturated rings. The number of urea groups is 1. The largest absolute Gasteiger partial charge is 0.493 e. The molecule has 1 aromatic rings. The average molecular weight is 376 g/mol. The van der Waals surface area contributed by atoms with Crippen LogP contribution in [0.4, 0.5) is 4.79 Å². The van der Waals surface area contributed by atoms with Crippen LogP contribution >= 0.6 is 0 Å². The standard InChI is InChI=1S/C20H28N2O5/c1-5-7-8-14-17(19(23)26-4)18(22-20(24)21-14)13-9-10-15(25-3)16(12-13)27-11-6-2/h9-10,12,18H,5-8,11H2,1-4H3,(H2,21,22,24). The Morgan fingerprint density at radius 2 is 1.93 bits per heavy atom. The van der Waals surface area contributed by atoms with E-state index in [4.69, 9.17) is 14.2 Å². The lowest BCUT2D eigenvalue weighted by atomic mass is 9.93. The molecule has 1 aliphatic heterocycles. The number of hydrogen-bond acceptors (Lipinski definition) is 5. The third-order valence-corrected chi connectivity index (χ3v) is 4.32. The zero-order valence-corrected chi connectivity index (χ0v) is 16.4. The smallest absolute Gasteiger partial charge is 0.337 e. The first-order chi connectivity index (χ1) is 13.0. The van der Waals surface area contributed by atoms with Crippen LogP contribution in [0, 0.1) is 0 Å². The molecule has 0 bridgehead atoms. The van der Waals surface area contributed by atoms with Crippen LogP contribution in [-0.4, -0.2) is 32.8 Å². The number of allylic oxidation sites excluding steroid dienone is 1. The Bertz CT molecular complexity index is 714. The molecular weight excluding hydrogens is 348 g/mol. The maximum Gasteiger partial charge on any atom is 0.337 e. The normalized spacial score (nSPS) is 16.4. The van der Waals surface area contributed by atoms with Crippen molar-refractivity contribution in [3.63, 3.8) is 0 Å². The molecule has 1 atom stereocenters. The molecule has 2 rings (SSSR count). The third-order valence-electron chi connectivity index (χ3n) is 4.32. The number of nitrogens with one attached hydrogen (secondary N) is 2. The highest BCUT2D eigenvalue weighted by Crippen LogP contribution is 2.35. The lowest BCUT2D eigenvalue weighted by Gasteiger charge is -2.29.